The predicted molar refractivity (Wildman–Crippen MR) is 37.8 cm³/mol. The molecule has 0 heterocycles. The van der Waals surface area contributed by atoms with Crippen LogP contribution >= 0.6 is 0 Å². The summed E-state index contributed by atoms with van der Waals surface area (Å²) in [7, 11) is 0. The minimum Gasteiger partial charge on any atom is 0 e. The largest absolute Gasteiger partial charge is 0 e. The van der Waals surface area contributed by atoms with Gasteiger partial charge in [0.25, 0.3) is 0 Å². The van der Waals surface area contributed by atoms with Crippen LogP contribution in [0.2, 0.25) is 0 Å². The molecular weight excluding hydrogens is 388 g/mol. The quantitative estimate of drug-likeness (QED) is 0.695. The molecule has 0 aliphatic heterocycles. The van der Waals surface area contributed by atoms with Crippen molar-refractivity contribution in [2.24, 2.45) is 0 Å². The summed E-state index contributed by atoms with van der Waals surface area (Å²) < 4.78 is 6.25. The Kier molecular flexibility index (Phi) is 6.70. The second kappa shape index (κ2) is 6.63. The fourth-order valence-electron chi connectivity index (χ4n) is 0.759. The maximum absolute atomic E-state index is 10.5. The molecule has 63 valence electrons. The first kappa shape index (κ1) is 12.1. The number of benzene rings is 1. The molecule has 0 saturated carbocycles. The molecule has 0 saturated heterocycles. The topological polar surface area (TPSA) is 26.3 Å². The van der Waals surface area contributed by atoms with Crippen molar-refractivity contribution in [2.75, 3.05) is 0 Å². The van der Waals surface area contributed by atoms with E-state index in [-0.39, 0.29) is 22.7 Å². The Hall–Kier alpha value is 0.132. The molecule has 0 bridgehead atoms. The third-order valence-corrected chi connectivity index (χ3v) is 6.55. The van der Waals surface area contributed by atoms with Crippen molar-refractivity contribution >= 4 is 9.04 Å². The molecule has 12 heavy (non-hydrogen) atoms. The van der Waals surface area contributed by atoms with Crippen molar-refractivity contribution < 1.29 is 49.2 Å². The van der Waals surface area contributed by atoms with Crippen LogP contribution in [-0.2, 0) is 49.2 Å². The Balaban J connectivity index is 0.00000121. The first-order valence-electron chi connectivity index (χ1n) is 3.46. The molecule has 4 heteroatoms. The third-order valence-electron chi connectivity index (χ3n) is 1.28. The van der Waals surface area contributed by atoms with Gasteiger partial charge in [-0.15, -0.1) is 0 Å². The molecule has 0 aliphatic rings. The summed E-state index contributed by atoms with van der Waals surface area (Å²) in [5.41, 5.74) is 0. The molecule has 0 spiro atoms. The number of rotatable bonds is 2. The fraction of sp³-hybridized carbons (Fsp3) is 0.125. The van der Waals surface area contributed by atoms with Crippen LogP contribution in [0.1, 0.15) is 6.92 Å². The number of hydrogen-bond donors (Lipinski definition) is 0. The van der Waals surface area contributed by atoms with E-state index < -0.39 is 25.0 Å². The van der Waals surface area contributed by atoms with Crippen LogP contribution in [-0.4, -0.2) is 5.97 Å². The van der Waals surface area contributed by atoms with Crippen LogP contribution in [0, 0.1) is 0 Å². The second-order valence-electron chi connectivity index (χ2n) is 2.27. The zero-order valence-corrected chi connectivity index (χ0v) is 13.3. The van der Waals surface area contributed by atoms with Crippen molar-refractivity contribution in [3.05, 3.63) is 30.3 Å². The normalized spacial score (nSPS) is 7.75. The van der Waals surface area contributed by atoms with E-state index in [2.05, 4.69) is 0 Å². The van der Waals surface area contributed by atoms with Gasteiger partial charge in [-0.2, -0.15) is 0 Å². The number of hydrogen-bond acceptors (Lipinski definition) is 2. The van der Waals surface area contributed by atoms with E-state index in [1.807, 2.05) is 30.3 Å². The molecule has 1 aromatic rings. The fourth-order valence-corrected chi connectivity index (χ4v) is 4.00. The molecule has 0 aliphatic carbocycles. The minimum absolute atomic E-state index is 0. The Morgan fingerprint density at radius 1 is 1.33 bits per heavy atom. The third kappa shape index (κ3) is 4.90. The van der Waals surface area contributed by atoms with E-state index in [1.165, 1.54) is 10.00 Å². The van der Waals surface area contributed by atoms with Crippen LogP contribution < -0.4 is 3.07 Å². The van der Waals surface area contributed by atoms with Gasteiger partial charge in [0.1, 0.15) is 0 Å². The molecule has 1 aromatic carbocycles. The zero-order valence-electron chi connectivity index (χ0n) is 6.74. The number of carbonyl (C=O) groups is 1. The summed E-state index contributed by atoms with van der Waals surface area (Å²) in [6.45, 7) is 1.46. The molecule has 2 nitrogen and oxygen atoms in total. The summed E-state index contributed by atoms with van der Waals surface area (Å²) in [5, 5.41) is 0. The second-order valence-corrected chi connectivity index (χ2v) is 7.68. The Bertz CT molecular complexity index is 238. The van der Waals surface area contributed by atoms with Crippen molar-refractivity contribution in [3.63, 3.8) is 0 Å². The summed E-state index contributed by atoms with van der Waals surface area (Å²) >= 11 is -1.52. The maximum Gasteiger partial charge on any atom is 0 e. The molecule has 0 N–H and O–H groups in total. The SMILES string of the molecule is CC(=O)[O][Hg][c]1ccccc1.[Co]. The molecule has 0 fully saturated rings. The first-order valence-corrected chi connectivity index (χ1v) is 8.45. The molecule has 1 rings (SSSR count). The average Bonchev–Trinajstić information content (AvgIpc) is 2.03. The van der Waals surface area contributed by atoms with E-state index >= 15 is 0 Å². The molecule has 0 aromatic heterocycles. The number of carbonyl (C=O) groups excluding carboxylic acids is 1. The zero-order chi connectivity index (χ0) is 8.10. The predicted octanol–water partition coefficient (Wildman–Crippen LogP) is 0.870. The van der Waals surface area contributed by atoms with Crippen LogP contribution in [0.15, 0.2) is 30.3 Å². The Morgan fingerprint density at radius 2 is 1.92 bits per heavy atom. The summed E-state index contributed by atoms with van der Waals surface area (Å²) in [6, 6.07) is 9.94. The van der Waals surface area contributed by atoms with Gasteiger partial charge in [-0.05, 0) is 0 Å². The van der Waals surface area contributed by atoms with Crippen molar-refractivity contribution in [2.45, 2.75) is 6.92 Å². The first-order chi connectivity index (χ1) is 5.29. The van der Waals surface area contributed by atoms with Crippen LogP contribution in [0.5, 0.6) is 0 Å². The van der Waals surface area contributed by atoms with Crippen LogP contribution in [0.3, 0.4) is 0 Å². The van der Waals surface area contributed by atoms with Crippen molar-refractivity contribution in [1.29, 1.82) is 0 Å². The van der Waals surface area contributed by atoms with Crippen molar-refractivity contribution in [1.82, 2.24) is 0 Å². The standard InChI is InChI=1S/C6H5.C2H4O2.Co.Hg/c1-2-4-6-5-3-1;1-2(3)4;;/h1-5H;1H3,(H,3,4);;/q;;;+1/p-1. The van der Waals surface area contributed by atoms with Crippen LogP contribution in [0.25, 0.3) is 0 Å². The van der Waals surface area contributed by atoms with Gasteiger partial charge in [0.2, 0.25) is 0 Å². The maximum atomic E-state index is 10.5. The van der Waals surface area contributed by atoms with Gasteiger partial charge in [-0.3, -0.25) is 0 Å². The van der Waals surface area contributed by atoms with Gasteiger partial charge >= 0.3 is 78.8 Å². The van der Waals surface area contributed by atoms with Gasteiger partial charge < -0.3 is 0 Å². The van der Waals surface area contributed by atoms with Crippen molar-refractivity contribution in [3.8, 4) is 0 Å². The minimum atomic E-state index is -1.52. The van der Waals surface area contributed by atoms with Gasteiger partial charge in [0, 0.05) is 16.8 Å². The van der Waals surface area contributed by atoms with E-state index in [1.54, 1.807) is 0 Å². The van der Waals surface area contributed by atoms with E-state index in [0.717, 1.165) is 0 Å². The summed E-state index contributed by atoms with van der Waals surface area (Å²) in [6.07, 6.45) is 0. The molecule has 1 radical (unpaired) electrons. The molecule has 0 unspecified atom stereocenters. The van der Waals surface area contributed by atoms with Gasteiger partial charge in [-0.25, -0.2) is 0 Å². The van der Waals surface area contributed by atoms with E-state index in [0.29, 0.717) is 0 Å². The average molecular weight is 396 g/mol. The Morgan fingerprint density at radius 3 is 2.42 bits per heavy atom. The molecule has 0 amide bonds. The summed E-state index contributed by atoms with van der Waals surface area (Å²) in [5.74, 6) is -0.143. The van der Waals surface area contributed by atoms with Gasteiger partial charge in [0.15, 0.2) is 0 Å². The summed E-state index contributed by atoms with van der Waals surface area (Å²) in [4.78, 5) is 10.5. The van der Waals surface area contributed by atoms with Crippen LogP contribution in [0.4, 0.5) is 0 Å². The molecule has 0 atom stereocenters. The van der Waals surface area contributed by atoms with E-state index in [4.69, 9.17) is 2.64 Å². The Labute approximate surface area is 95.0 Å². The van der Waals surface area contributed by atoms with Gasteiger partial charge in [0.05, 0.1) is 0 Å². The monoisotopic (exact) mass is 397 g/mol. The smallest absolute Gasteiger partial charge is 0 e. The van der Waals surface area contributed by atoms with E-state index in [9.17, 15) is 4.79 Å². The van der Waals surface area contributed by atoms with Gasteiger partial charge in [-0.1, -0.05) is 0 Å². The molecular formula is C8H8CoHgO2.